The minimum atomic E-state index is -3.51. The molecule has 0 heterocycles. The van der Waals surface area contributed by atoms with Crippen LogP contribution in [0.15, 0.2) is 41.3 Å². The zero-order valence-corrected chi connectivity index (χ0v) is 16.7. The SMILES string of the molecule is COc1ccc(C)cc1CN(C)CCS(=O)(=O)c1cc(Cl)ccc1Cl. The summed E-state index contributed by atoms with van der Waals surface area (Å²) in [5.41, 5.74) is 2.14. The number of hydrogen-bond acceptors (Lipinski definition) is 4. The summed E-state index contributed by atoms with van der Waals surface area (Å²) in [6, 6.07) is 10.4. The third-order valence-corrected chi connectivity index (χ3v) is 6.25. The average Bonchev–Trinajstić information content (AvgIpc) is 2.55. The van der Waals surface area contributed by atoms with E-state index in [1.807, 2.05) is 37.1 Å². The van der Waals surface area contributed by atoms with E-state index in [4.69, 9.17) is 27.9 Å². The van der Waals surface area contributed by atoms with Crippen LogP contribution in [0.2, 0.25) is 10.0 Å². The zero-order valence-electron chi connectivity index (χ0n) is 14.4. The highest BCUT2D eigenvalue weighted by Crippen LogP contribution is 2.26. The van der Waals surface area contributed by atoms with Crippen molar-refractivity contribution in [3.05, 3.63) is 57.6 Å². The molecule has 0 aliphatic carbocycles. The Bertz CT molecular complexity index is 853. The molecule has 0 fully saturated rings. The van der Waals surface area contributed by atoms with Gasteiger partial charge < -0.3 is 9.64 Å². The maximum absolute atomic E-state index is 12.5. The van der Waals surface area contributed by atoms with Crippen LogP contribution >= 0.6 is 23.2 Å². The van der Waals surface area contributed by atoms with Crippen LogP contribution in [-0.2, 0) is 16.4 Å². The first-order chi connectivity index (χ1) is 11.7. The monoisotopic (exact) mass is 401 g/mol. The van der Waals surface area contributed by atoms with Crippen LogP contribution in [0.5, 0.6) is 5.75 Å². The van der Waals surface area contributed by atoms with Crippen molar-refractivity contribution in [1.82, 2.24) is 4.90 Å². The maximum Gasteiger partial charge on any atom is 0.181 e. The van der Waals surface area contributed by atoms with E-state index in [-0.39, 0.29) is 15.7 Å². The van der Waals surface area contributed by atoms with Gasteiger partial charge in [0.1, 0.15) is 5.75 Å². The van der Waals surface area contributed by atoms with E-state index in [0.29, 0.717) is 18.1 Å². The Morgan fingerprint density at radius 2 is 1.84 bits per heavy atom. The number of halogens is 2. The Kier molecular flexibility index (Phi) is 6.74. The van der Waals surface area contributed by atoms with Crippen LogP contribution in [0, 0.1) is 6.92 Å². The minimum Gasteiger partial charge on any atom is -0.496 e. The van der Waals surface area contributed by atoms with Crippen molar-refractivity contribution in [3.8, 4) is 5.75 Å². The molecule has 2 aromatic carbocycles. The third kappa shape index (κ3) is 5.35. The molecule has 2 aromatic rings. The minimum absolute atomic E-state index is 0.0440. The number of methoxy groups -OCH3 is 1. The van der Waals surface area contributed by atoms with E-state index in [0.717, 1.165) is 16.9 Å². The van der Waals surface area contributed by atoms with Gasteiger partial charge >= 0.3 is 0 Å². The molecular weight excluding hydrogens is 381 g/mol. The summed E-state index contributed by atoms with van der Waals surface area (Å²) in [6.45, 7) is 2.96. The second-order valence-corrected chi connectivity index (χ2v) is 8.87. The lowest BCUT2D eigenvalue weighted by Gasteiger charge is -2.19. The van der Waals surface area contributed by atoms with Gasteiger partial charge in [-0.2, -0.15) is 0 Å². The predicted octanol–water partition coefficient (Wildman–Crippen LogP) is 4.22. The molecule has 0 spiro atoms. The Hall–Kier alpha value is -1.27. The second-order valence-electron chi connectivity index (χ2n) is 5.95. The molecule has 0 aromatic heterocycles. The lowest BCUT2D eigenvalue weighted by molar-refractivity contribution is 0.333. The van der Waals surface area contributed by atoms with Crippen LogP contribution < -0.4 is 4.74 Å². The summed E-state index contributed by atoms with van der Waals surface area (Å²) >= 11 is 11.9. The van der Waals surface area contributed by atoms with Crippen molar-refractivity contribution in [2.75, 3.05) is 26.5 Å². The van der Waals surface area contributed by atoms with Crippen molar-refractivity contribution in [2.24, 2.45) is 0 Å². The summed E-state index contributed by atoms with van der Waals surface area (Å²) in [4.78, 5) is 2.01. The van der Waals surface area contributed by atoms with Gasteiger partial charge in [-0.3, -0.25) is 0 Å². The van der Waals surface area contributed by atoms with Gasteiger partial charge in [0.05, 0.1) is 22.8 Å². The van der Waals surface area contributed by atoms with Crippen LogP contribution in [-0.4, -0.2) is 39.8 Å². The van der Waals surface area contributed by atoms with E-state index in [1.165, 1.54) is 12.1 Å². The van der Waals surface area contributed by atoms with E-state index < -0.39 is 9.84 Å². The Balaban J connectivity index is 2.08. The molecule has 0 amide bonds. The number of ether oxygens (including phenoxy) is 1. The fraction of sp³-hybridized carbons (Fsp3) is 0.333. The van der Waals surface area contributed by atoms with Gasteiger partial charge in [-0.05, 0) is 38.2 Å². The highest BCUT2D eigenvalue weighted by Gasteiger charge is 2.19. The largest absolute Gasteiger partial charge is 0.496 e. The number of rotatable bonds is 7. The van der Waals surface area contributed by atoms with Gasteiger partial charge in [0.25, 0.3) is 0 Å². The van der Waals surface area contributed by atoms with Crippen LogP contribution in [0.1, 0.15) is 11.1 Å². The van der Waals surface area contributed by atoms with E-state index in [2.05, 4.69) is 0 Å². The molecule has 0 atom stereocenters. The highest BCUT2D eigenvalue weighted by molar-refractivity contribution is 7.91. The van der Waals surface area contributed by atoms with E-state index in [1.54, 1.807) is 13.2 Å². The van der Waals surface area contributed by atoms with Gasteiger partial charge in [-0.1, -0.05) is 40.9 Å². The van der Waals surface area contributed by atoms with Crippen LogP contribution in [0.3, 0.4) is 0 Å². The lowest BCUT2D eigenvalue weighted by Crippen LogP contribution is -2.25. The standard InChI is InChI=1S/C18H21Cl2NO3S/c1-13-4-7-17(24-3)14(10-13)12-21(2)8-9-25(22,23)18-11-15(19)5-6-16(18)20/h4-7,10-11H,8-9,12H2,1-3H3. The van der Waals surface area contributed by atoms with Crippen LogP contribution in [0.4, 0.5) is 0 Å². The third-order valence-electron chi connectivity index (χ3n) is 3.85. The first kappa shape index (κ1) is 20.0. The maximum atomic E-state index is 12.5. The number of benzene rings is 2. The smallest absolute Gasteiger partial charge is 0.181 e. The molecule has 2 rings (SSSR count). The van der Waals surface area contributed by atoms with Crippen molar-refractivity contribution >= 4 is 33.0 Å². The summed E-state index contributed by atoms with van der Waals surface area (Å²) in [7, 11) is -0.0173. The molecule has 0 aliphatic rings. The Labute approximate surface area is 159 Å². The molecule has 0 radical (unpaired) electrons. The van der Waals surface area contributed by atoms with Gasteiger partial charge in [0, 0.05) is 23.7 Å². The van der Waals surface area contributed by atoms with E-state index in [9.17, 15) is 8.42 Å². The molecule has 25 heavy (non-hydrogen) atoms. The zero-order chi connectivity index (χ0) is 18.6. The molecule has 0 saturated carbocycles. The van der Waals surface area contributed by atoms with Crippen molar-refractivity contribution in [1.29, 1.82) is 0 Å². The van der Waals surface area contributed by atoms with Crippen molar-refractivity contribution in [3.63, 3.8) is 0 Å². The Morgan fingerprint density at radius 3 is 2.52 bits per heavy atom. The van der Waals surface area contributed by atoms with Gasteiger partial charge in [0.2, 0.25) is 0 Å². The summed E-state index contributed by atoms with van der Waals surface area (Å²) in [5.74, 6) is 0.746. The summed E-state index contributed by atoms with van der Waals surface area (Å²) in [5, 5.41) is 0.535. The molecule has 4 nitrogen and oxygen atoms in total. The number of hydrogen-bond donors (Lipinski definition) is 0. The molecule has 0 aliphatic heterocycles. The fourth-order valence-electron chi connectivity index (χ4n) is 2.50. The Morgan fingerprint density at radius 1 is 1.12 bits per heavy atom. The average molecular weight is 402 g/mol. The highest BCUT2D eigenvalue weighted by atomic mass is 35.5. The molecule has 0 bridgehead atoms. The molecule has 7 heteroatoms. The normalized spacial score (nSPS) is 11.8. The first-order valence-corrected chi connectivity index (χ1v) is 10.1. The van der Waals surface area contributed by atoms with Gasteiger partial charge in [0.15, 0.2) is 9.84 Å². The summed E-state index contributed by atoms with van der Waals surface area (Å²) in [6.07, 6.45) is 0. The predicted molar refractivity (Wildman–Crippen MR) is 103 cm³/mol. The fourth-order valence-corrected chi connectivity index (χ4v) is 4.65. The first-order valence-electron chi connectivity index (χ1n) is 7.73. The van der Waals surface area contributed by atoms with E-state index >= 15 is 0 Å². The number of sulfone groups is 1. The van der Waals surface area contributed by atoms with Gasteiger partial charge in [-0.15, -0.1) is 0 Å². The quantitative estimate of drug-likeness (QED) is 0.696. The molecular formula is C18H21Cl2NO3S. The molecule has 0 unspecified atom stereocenters. The molecule has 0 N–H and O–H groups in total. The molecule has 0 saturated heterocycles. The topological polar surface area (TPSA) is 46.6 Å². The summed E-state index contributed by atoms with van der Waals surface area (Å²) < 4.78 is 30.5. The lowest BCUT2D eigenvalue weighted by atomic mass is 10.1. The van der Waals surface area contributed by atoms with Crippen molar-refractivity contribution in [2.45, 2.75) is 18.4 Å². The second kappa shape index (κ2) is 8.41. The van der Waals surface area contributed by atoms with Gasteiger partial charge in [-0.25, -0.2) is 8.42 Å². The number of nitrogens with zero attached hydrogens (tertiary/aromatic N) is 1. The molecule has 136 valence electrons. The number of aryl methyl sites for hydroxylation is 1. The van der Waals surface area contributed by atoms with Crippen LogP contribution in [0.25, 0.3) is 0 Å². The van der Waals surface area contributed by atoms with Crippen molar-refractivity contribution < 1.29 is 13.2 Å².